The fourth-order valence-corrected chi connectivity index (χ4v) is 1.76. The maximum absolute atomic E-state index is 11.7. The summed E-state index contributed by atoms with van der Waals surface area (Å²) in [7, 11) is 0. The van der Waals surface area contributed by atoms with Gasteiger partial charge in [-0.05, 0) is 31.4 Å². The molecule has 0 spiro atoms. The van der Waals surface area contributed by atoms with Gasteiger partial charge in [-0.25, -0.2) is 0 Å². The lowest BCUT2D eigenvalue weighted by molar-refractivity contribution is 0.0934. The molecule has 0 atom stereocenters. The van der Waals surface area contributed by atoms with Gasteiger partial charge in [0.2, 0.25) is 11.7 Å². The van der Waals surface area contributed by atoms with Crippen LogP contribution in [0, 0.1) is 12.8 Å². The smallest absolute Gasteiger partial charge is 0.284 e. The quantitative estimate of drug-likeness (QED) is 0.758. The molecule has 0 radical (unpaired) electrons. The van der Waals surface area contributed by atoms with Gasteiger partial charge in [0.1, 0.15) is 0 Å². The summed E-state index contributed by atoms with van der Waals surface area (Å²) in [6.45, 7) is 1.97. The van der Waals surface area contributed by atoms with Crippen LogP contribution < -0.4 is 0 Å². The topological polar surface area (TPSA) is 56.0 Å². The number of carbonyl (C=O) groups is 1. The standard InChI is InChI=1S/C13H12N2O2/c1-8-4-2-3-5-10(8)12-14-15-13(17-12)11(16)9-6-7-9/h2-5,9H,6-7H2,1H3. The van der Waals surface area contributed by atoms with Crippen molar-refractivity contribution in [1.82, 2.24) is 10.2 Å². The Labute approximate surface area is 98.7 Å². The Hall–Kier alpha value is -1.97. The zero-order chi connectivity index (χ0) is 11.8. The first-order valence-electron chi connectivity index (χ1n) is 5.69. The number of aryl methyl sites for hydroxylation is 1. The summed E-state index contributed by atoms with van der Waals surface area (Å²) in [4.78, 5) is 11.7. The molecule has 0 N–H and O–H groups in total. The number of rotatable bonds is 3. The molecule has 1 aliphatic rings. The van der Waals surface area contributed by atoms with Gasteiger partial charge in [0, 0.05) is 11.5 Å². The number of hydrogen-bond donors (Lipinski definition) is 0. The number of benzene rings is 1. The lowest BCUT2D eigenvalue weighted by Crippen LogP contribution is -2.01. The number of aromatic nitrogens is 2. The van der Waals surface area contributed by atoms with Crippen molar-refractivity contribution < 1.29 is 9.21 Å². The van der Waals surface area contributed by atoms with Gasteiger partial charge in [-0.1, -0.05) is 18.2 Å². The van der Waals surface area contributed by atoms with Crippen LogP contribution in [0.5, 0.6) is 0 Å². The Balaban J connectivity index is 1.94. The average molecular weight is 228 g/mol. The van der Waals surface area contributed by atoms with E-state index in [-0.39, 0.29) is 17.6 Å². The molecular weight excluding hydrogens is 216 g/mol. The van der Waals surface area contributed by atoms with Gasteiger partial charge in [-0.2, -0.15) is 0 Å². The van der Waals surface area contributed by atoms with Gasteiger partial charge in [0.05, 0.1) is 0 Å². The lowest BCUT2D eigenvalue weighted by atomic mass is 10.1. The number of Topliss-reactive ketones (excluding diaryl/α,β-unsaturated/α-hetero) is 1. The van der Waals surface area contributed by atoms with Crippen molar-refractivity contribution in [3.8, 4) is 11.5 Å². The van der Waals surface area contributed by atoms with E-state index in [0.29, 0.717) is 5.89 Å². The Morgan fingerprint density at radius 2 is 2.06 bits per heavy atom. The van der Waals surface area contributed by atoms with Crippen molar-refractivity contribution >= 4 is 5.78 Å². The zero-order valence-corrected chi connectivity index (χ0v) is 9.51. The molecule has 17 heavy (non-hydrogen) atoms. The summed E-state index contributed by atoms with van der Waals surface area (Å²) < 4.78 is 5.44. The summed E-state index contributed by atoms with van der Waals surface area (Å²) in [5.74, 6) is 0.662. The number of carbonyl (C=O) groups excluding carboxylic acids is 1. The second kappa shape index (κ2) is 3.80. The molecular formula is C13H12N2O2. The van der Waals surface area contributed by atoms with Gasteiger partial charge in [-0.15, -0.1) is 10.2 Å². The molecule has 86 valence electrons. The molecule has 0 unspecified atom stereocenters. The Morgan fingerprint density at radius 1 is 1.29 bits per heavy atom. The third kappa shape index (κ3) is 1.86. The van der Waals surface area contributed by atoms with Crippen LogP contribution in [0.25, 0.3) is 11.5 Å². The van der Waals surface area contributed by atoms with Crippen LogP contribution in [0.4, 0.5) is 0 Å². The average Bonchev–Trinajstić information content (AvgIpc) is 3.07. The van der Waals surface area contributed by atoms with E-state index in [4.69, 9.17) is 4.42 Å². The van der Waals surface area contributed by atoms with E-state index in [9.17, 15) is 4.79 Å². The molecule has 4 nitrogen and oxygen atoms in total. The summed E-state index contributed by atoms with van der Waals surface area (Å²) in [6.07, 6.45) is 1.89. The molecule has 1 saturated carbocycles. The van der Waals surface area contributed by atoms with E-state index in [0.717, 1.165) is 24.0 Å². The van der Waals surface area contributed by atoms with Crippen LogP contribution in [0.2, 0.25) is 0 Å². The minimum atomic E-state index is -0.0164. The van der Waals surface area contributed by atoms with Crippen molar-refractivity contribution in [1.29, 1.82) is 0 Å². The van der Waals surface area contributed by atoms with Crippen LogP contribution in [-0.4, -0.2) is 16.0 Å². The highest BCUT2D eigenvalue weighted by Crippen LogP contribution is 2.33. The fourth-order valence-electron chi connectivity index (χ4n) is 1.76. The summed E-state index contributed by atoms with van der Waals surface area (Å²) in [5.41, 5.74) is 1.94. The molecule has 3 rings (SSSR count). The van der Waals surface area contributed by atoms with Crippen molar-refractivity contribution in [2.24, 2.45) is 5.92 Å². The first kappa shape index (κ1) is 10.2. The second-order valence-corrected chi connectivity index (χ2v) is 4.37. The Bertz CT molecular complexity index is 570. The first-order valence-corrected chi connectivity index (χ1v) is 5.69. The second-order valence-electron chi connectivity index (χ2n) is 4.37. The molecule has 1 aromatic carbocycles. The highest BCUT2D eigenvalue weighted by atomic mass is 16.4. The minimum Gasteiger partial charge on any atom is -0.414 e. The molecule has 0 bridgehead atoms. The first-order chi connectivity index (χ1) is 8.25. The van der Waals surface area contributed by atoms with Crippen LogP contribution in [0.3, 0.4) is 0 Å². The maximum atomic E-state index is 11.7. The zero-order valence-electron chi connectivity index (χ0n) is 9.51. The summed E-state index contributed by atoms with van der Waals surface area (Å²) in [6, 6.07) is 7.75. The van der Waals surface area contributed by atoms with Crippen LogP contribution >= 0.6 is 0 Å². The van der Waals surface area contributed by atoms with E-state index in [2.05, 4.69) is 10.2 Å². The summed E-state index contributed by atoms with van der Waals surface area (Å²) in [5, 5.41) is 7.77. The monoisotopic (exact) mass is 228 g/mol. The maximum Gasteiger partial charge on any atom is 0.284 e. The van der Waals surface area contributed by atoms with Gasteiger partial charge in [0.15, 0.2) is 0 Å². The molecule has 4 heteroatoms. The molecule has 0 aliphatic heterocycles. The molecule has 1 fully saturated rings. The van der Waals surface area contributed by atoms with E-state index in [1.54, 1.807) is 0 Å². The number of ketones is 1. The fraction of sp³-hybridized carbons (Fsp3) is 0.308. The van der Waals surface area contributed by atoms with Crippen LogP contribution in [0.15, 0.2) is 28.7 Å². The highest BCUT2D eigenvalue weighted by molar-refractivity contribution is 5.95. The van der Waals surface area contributed by atoms with Gasteiger partial charge < -0.3 is 4.42 Å². The SMILES string of the molecule is Cc1ccccc1-c1nnc(C(=O)C2CC2)o1. The Morgan fingerprint density at radius 3 is 2.76 bits per heavy atom. The van der Waals surface area contributed by atoms with Crippen molar-refractivity contribution in [3.63, 3.8) is 0 Å². The van der Waals surface area contributed by atoms with Gasteiger partial charge in [-0.3, -0.25) is 4.79 Å². The van der Waals surface area contributed by atoms with E-state index >= 15 is 0 Å². The molecule has 1 aromatic heterocycles. The third-order valence-corrected chi connectivity index (χ3v) is 2.96. The largest absolute Gasteiger partial charge is 0.414 e. The van der Waals surface area contributed by atoms with E-state index < -0.39 is 0 Å². The molecule has 1 heterocycles. The lowest BCUT2D eigenvalue weighted by Gasteiger charge is -1.98. The number of hydrogen-bond acceptors (Lipinski definition) is 4. The normalized spacial score (nSPS) is 14.9. The molecule has 2 aromatic rings. The van der Waals surface area contributed by atoms with E-state index in [1.807, 2.05) is 31.2 Å². The third-order valence-electron chi connectivity index (χ3n) is 2.96. The minimum absolute atomic E-state index is 0.0164. The Kier molecular flexibility index (Phi) is 2.28. The molecule has 0 saturated heterocycles. The predicted octanol–water partition coefficient (Wildman–Crippen LogP) is 2.64. The van der Waals surface area contributed by atoms with Crippen molar-refractivity contribution in [3.05, 3.63) is 35.7 Å². The van der Waals surface area contributed by atoms with Crippen molar-refractivity contribution in [2.45, 2.75) is 19.8 Å². The molecule has 1 aliphatic carbocycles. The molecule has 0 amide bonds. The van der Waals surface area contributed by atoms with Gasteiger partial charge >= 0.3 is 0 Å². The van der Waals surface area contributed by atoms with Crippen molar-refractivity contribution in [2.75, 3.05) is 0 Å². The van der Waals surface area contributed by atoms with Crippen LogP contribution in [-0.2, 0) is 0 Å². The summed E-state index contributed by atoms with van der Waals surface area (Å²) >= 11 is 0. The predicted molar refractivity (Wildman–Crippen MR) is 61.5 cm³/mol. The number of nitrogens with zero attached hydrogens (tertiary/aromatic N) is 2. The van der Waals surface area contributed by atoms with E-state index in [1.165, 1.54) is 0 Å². The highest BCUT2D eigenvalue weighted by Gasteiger charge is 2.34. The van der Waals surface area contributed by atoms with Gasteiger partial charge in [0.25, 0.3) is 5.89 Å². The van der Waals surface area contributed by atoms with Crippen LogP contribution in [0.1, 0.15) is 29.1 Å².